The van der Waals surface area contributed by atoms with Gasteiger partial charge >= 0.3 is 0 Å². The van der Waals surface area contributed by atoms with Gasteiger partial charge in [-0.2, -0.15) is 5.10 Å². The first kappa shape index (κ1) is 13.5. The molecule has 0 spiro atoms. The van der Waals surface area contributed by atoms with Crippen molar-refractivity contribution >= 4 is 0 Å². The monoisotopic (exact) mass is 251 g/mol. The zero-order valence-corrected chi connectivity index (χ0v) is 11.7. The van der Waals surface area contributed by atoms with Gasteiger partial charge < -0.3 is 5.73 Å². The third kappa shape index (κ3) is 3.29. The third-order valence-corrected chi connectivity index (χ3v) is 3.70. The lowest BCUT2D eigenvalue weighted by Gasteiger charge is -2.34. The largest absolute Gasteiger partial charge is 0.326 e. The molecular weight excluding hydrogens is 226 g/mol. The van der Waals surface area contributed by atoms with E-state index in [1.807, 2.05) is 4.68 Å². The smallest absolute Gasteiger partial charge is 0.141 e. The summed E-state index contributed by atoms with van der Waals surface area (Å²) >= 11 is 0. The molecule has 2 atom stereocenters. The van der Waals surface area contributed by atoms with Crippen LogP contribution in [-0.2, 0) is 13.1 Å². The Balaban J connectivity index is 1.95. The minimum atomic E-state index is 0.292. The topological polar surface area (TPSA) is 60.0 Å². The predicted molar refractivity (Wildman–Crippen MR) is 71.9 cm³/mol. The Morgan fingerprint density at radius 3 is 2.94 bits per heavy atom. The summed E-state index contributed by atoms with van der Waals surface area (Å²) in [4.78, 5) is 6.77. The maximum absolute atomic E-state index is 6.13. The van der Waals surface area contributed by atoms with Crippen molar-refractivity contribution in [2.45, 2.75) is 46.3 Å². The summed E-state index contributed by atoms with van der Waals surface area (Å²) in [6.07, 6.45) is 2.84. The van der Waals surface area contributed by atoms with E-state index in [1.165, 1.54) is 6.42 Å². The molecule has 5 nitrogen and oxygen atoms in total. The summed E-state index contributed by atoms with van der Waals surface area (Å²) in [5.74, 6) is 2.29. The molecule has 0 aliphatic carbocycles. The van der Waals surface area contributed by atoms with Crippen molar-refractivity contribution in [2.24, 2.45) is 17.6 Å². The number of hydrogen-bond acceptors (Lipinski definition) is 4. The van der Waals surface area contributed by atoms with Crippen LogP contribution in [-0.4, -0.2) is 38.8 Å². The number of nitrogens with two attached hydrogens (primary N) is 1. The molecule has 1 fully saturated rings. The van der Waals surface area contributed by atoms with Gasteiger partial charge in [-0.25, -0.2) is 9.67 Å². The first-order valence-electron chi connectivity index (χ1n) is 6.91. The Bertz CT molecular complexity index is 373. The van der Waals surface area contributed by atoms with Gasteiger partial charge in [0.2, 0.25) is 0 Å². The summed E-state index contributed by atoms with van der Waals surface area (Å²) in [7, 11) is 0. The highest BCUT2D eigenvalue weighted by molar-refractivity contribution is 4.88. The Morgan fingerprint density at radius 2 is 2.28 bits per heavy atom. The van der Waals surface area contributed by atoms with Crippen LogP contribution in [0.1, 0.15) is 33.0 Å². The van der Waals surface area contributed by atoms with Gasteiger partial charge in [-0.15, -0.1) is 0 Å². The molecule has 1 aliphatic heterocycles. The molecule has 0 bridgehead atoms. The van der Waals surface area contributed by atoms with Gasteiger partial charge in [0, 0.05) is 19.1 Å². The first-order valence-corrected chi connectivity index (χ1v) is 6.91. The van der Waals surface area contributed by atoms with Crippen molar-refractivity contribution in [1.29, 1.82) is 0 Å². The quantitative estimate of drug-likeness (QED) is 0.870. The number of aromatic nitrogens is 3. The van der Waals surface area contributed by atoms with Crippen LogP contribution in [0, 0.1) is 11.8 Å². The van der Waals surface area contributed by atoms with E-state index in [0.717, 1.165) is 32.0 Å². The minimum Gasteiger partial charge on any atom is -0.326 e. The van der Waals surface area contributed by atoms with E-state index in [4.69, 9.17) is 5.73 Å². The number of hydrogen-bond donors (Lipinski definition) is 1. The molecule has 1 aromatic heterocycles. The van der Waals surface area contributed by atoms with E-state index >= 15 is 0 Å². The highest BCUT2D eigenvalue weighted by Gasteiger charge is 2.24. The van der Waals surface area contributed by atoms with E-state index in [0.29, 0.717) is 17.9 Å². The van der Waals surface area contributed by atoms with E-state index in [9.17, 15) is 0 Å². The maximum Gasteiger partial charge on any atom is 0.141 e. The van der Waals surface area contributed by atoms with Crippen LogP contribution in [0.25, 0.3) is 0 Å². The van der Waals surface area contributed by atoms with Crippen LogP contribution >= 0.6 is 0 Å². The Morgan fingerprint density at radius 1 is 1.50 bits per heavy atom. The molecule has 18 heavy (non-hydrogen) atoms. The lowest BCUT2D eigenvalue weighted by atomic mass is 9.94. The average Bonchev–Trinajstić information content (AvgIpc) is 2.70. The Kier molecular flexibility index (Phi) is 4.35. The summed E-state index contributed by atoms with van der Waals surface area (Å²) in [6, 6.07) is 0.292. The molecule has 0 saturated carbocycles. The lowest BCUT2D eigenvalue weighted by Crippen LogP contribution is -2.47. The zero-order chi connectivity index (χ0) is 13.1. The van der Waals surface area contributed by atoms with Gasteiger partial charge in [0.1, 0.15) is 12.2 Å². The second-order valence-electron chi connectivity index (χ2n) is 5.92. The van der Waals surface area contributed by atoms with Crippen LogP contribution in [0.3, 0.4) is 0 Å². The average molecular weight is 251 g/mol. The number of rotatable bonds is 4. The number of likely N-dealkylation sites (tertiary alicyclic amines) is 1. The highest BCUT2D eigenvalue weighted by atomic mass is 15.3. The Labute approximate surface area is 109 Å². The van der Waals surface area contributed by atoms with Crippen molar-refractivity contribution in [3.05, 3.63) is 12.2 Å². The molecular formula is C13H25N5. The molecule has 1 aromatic rings. The molecule has 2 rings (SSSR count). The fourth-order valence-electron chi connectivity index (χ4n) is 2.42. The van der Waals surface area contributed by atoms with Gasteiger partial charge in [0.05, 0.1) is 6.54 Å². The molecule has 1 aliphatic rings. The normalized spacial score (nSPS) is 25.8. The van der Waals surface area contributed by atoms with Gasteiger partial charge in [-0.3, -0.25) is 4.90 Å². The third-order valence-electron chi connectivity index (χ3n) is 3.70. The molecule has 0 aromatic carbocycles. The van der Waals surface area contributed by atoms with Crippen molar-refractivity contribution in [2.75, 3.05) is 13.1 Å². The molecule has 2 unspecified atom stereocenters. The SMILES string of the molecule is CC(C)Cn1ncnc1CN1CCC(C)C(N)C1. The predicted octanol–water partition coefficient (Wildman–Crippen LogP) is 1.10. The molecule has 0 radical (unpaired) electrons. The summed E-state index contributed by atoms with van der Waals surface area (Å²) in [5.41, 5.74) is 6.13. The van der Waals surface area contributed by atoms with Crippen LogP contribution in [0.5, 0.6) is 0 Å². The molecule has 5 heteroatoms. The van der Waals surface area contributed by atoms with Gasteiger partial charge in [-0.05, 0) is 24.8 Å². The fraction of sp³-hybridized carbons (Fsp3) is 0.846. The highest BCUT2D eigenvalue weighted by Crippen LogP contribution is 2.17. The van der Waals surface area contributed by atoms with Crippen molar-refractivity contribution in [3.8, 4) is 0 Å². The second kappa shape index (κ2) is 5.80. The maximum atomic E-state index is 6.13. The second-order valence-corrected chi connectivity index (χ2v) is 5.92. The summed E-state index contributed by atoms with van der Waals surface area (Å²) in [5, 5.41) is 4.30. The Hall–Kier alpha value is -0.940. The standard InChI is InChI=1S/C13H25N5/c1-10(2)6-18-13(15-9-16-18)8-17-5-4-11(3)12(14)7-17/h9-12H,4-8,14H2,1-3H3. The van der Waals surface area contributed by atoms with Crippen LogP contribution < -0.4 is 5.73 Å². The van der Waals surface area contributed by atoms with E-state index in [1.54, 1.807) is 6.33 Å². The molecule has 1 saturated heterocycles. The van der Waals surface area contributed by atoms with Gasteiger partial charge in [0.25, 0.3) is 0 Å². The minimum absolute atomic E-state index is 0.292. The van der Waals surface area contributed by atoms with E-state index < -0.39 is 0 Å². The van der Waals surface area contributed by atoms with E-state index in [2.05, 4.69) is 35.8 Å². The first-order chi connectivity index (χ1) is 8.56. The van der Waals surface area contributed by atoms with Crippen LogP contribution in [0.15, 0.2) is 6.33 Å². The molecule has 2 heterocycles. The lowest BCUT2D eigenvalue weighted by molar-refractivity contribution is 0.156. The van der Waals surface area contributed by atoms with Crippen LogP contribution in [0.2, 0.25) is 0 Å². The van der Waals surface area contributed by atoms with Gasteiger partial charge in [0.15, 0.2) is 0 Å². The van der Waals surface area contributed by atoms with Crippen molar-refractivity contribution in [1.82, 2.24) is 19.7 Å². The number of nitrogens with zero attached hydrogens (tertiary/aromatic N) is 4. The molecule has 102 valence electrons. The summed E-state index contributed by atoms with van der Waals surface area (Å²) in [6.45, 7) is 10.5. The fourth-order valence-corrected chi connectivity index (χ4v) is 2.42. The molecule has 2 N–H and O–H groups in total. The van der Waals surface area contributed by atoms with E-state index in [-0.39, 0.29) is 0 Å². The van der Waals surface area contributed by atoms with Gasteiger partial charge in [-0.1, -0.05) is 20.8 Å². The van der Waals surface area contributed by atoms with Crippen molar-refractivity contribution < 1.29 is 0 Å². The van der Waals surface area contributed by atoms with Crippen LogP contribution in [0.4, 0.5) is 0 Å². The number of piperidine rings is 1. The zero-order valence-electron chi connectivity index (χ0n) is 11.7. The summed E-state index contributed by atoms with van der Waals surface area (Å²) < 4.78 is 2.02. The van der Waals surface area contributed by atoms with Crippen molar-refractivity contribution in [3.63, 3.8) is 0 Å². The molecule has 0 amide bonds.